The van der Waals surface area contributed by atoms with Crippen LogP contribution in [0.25, 0.3) is 0 Å². The summed E-state index contributed by atoms with van der Waals surface area (Å²) in [6, 6.07) is 17.9. The second-order valence-electron chi connectivity index (χ2n) is 11.2. The molecule has 0 unspecified atom stereocenters. The number of anilines is 1. The van der Waals surface area contributed by atoms with Crippen LogP contribution in [0.5, 0.6) is 5.75 Å². The van der Waals surface area contributed by atoms with Gasteiger partial charge in [-0.05, 0) is 87.2 Å². The largest absolute Gasteiger partial charge is 0.494 e. The van der Waals surface area contributed by atoms with Gasteiger partial charge in [0.1, 0.15) is 24.2 Å². The lowest BCUT2D eigenvalue weighted by Crippen LogP contribution is -2.54. The van der Waals surface area contributed by atoms with Gasteiger partial charge in [0, 0.05) is 12.6 Å². The molecule has 0 radical (unpaired) electrons. The van der Waals surface area contributed by atoms with E-state index in [4.69, 9.17) is 4.74 Å². The monoisotopic (exact) mass is 623 g/mol. The smallest absolute Gasteiger partial charge is 0.264 e. The van der Waals surface area contributed by atoms with Crippen LogP contribution in [0, 0.1) is 12.7 Å². The molecule has 4 rings (SSSR count). The van der Waals surface area contributed by atoms with Crippen molar-refractivity contribution in [2.75, 3.05) is 17.5 Å². The maximum atomic E-state index is 14.2. The molecular formula is C34H42FN3O5S. The number of rotatable bonds is 13. The highest BCUT2D eigenvalue weighted by Gasteiger charge is 2.34. The lowest BCUT2D eigenvalue weighted by atomic mass is 9.95. The highest BCUT2D eigenvalue weighted by atomic mass is 32.2. The fourth-order valence-electron chi connectivity index (χ4n) is 5.49. The number of hydrogen-bond acceptors (Lipinski definition) is 5. The van der Waals surface area contributed by atoms with Gasteiger partial charge in [-0.25, -0.2) is 12.8 Å². The number of sulfonamides is 1. The van der Waals surface area contributed by atoms with Crippen molar-refractivity contribution < 1.29 is 27.1 Å². The van der Waals surface area contributed by atoms with Crippen LogP contribution in [0.3, 0.4) is 0 Å². The minimum absolute atomic E-state index is 0.0113. The highest BCUT2D eigenvalue weighted by molar-refractivity contribution is 7.92. The fraction of sp³-hybridized carbons (Fsp3) is 0.412. The second-order valence-corrected chi connectivity index (χ2v) is 13.0. The van der Waals surface area contributed by atoms with E-state index in [0.717, 1.165) is 42.0 Å². The summed E-state index contributed by atoms with van der Waals surface area (Å²) in [7, 11) is -4.18. The standard InChI is InChI=1S/C34H42FN3O5S/c1-4-32(34(40)36-28-9-7-6-8-10-28)37(23-26-13-15-27(35)16-14-26)33(39)24-38(29-17-19-30(20-18-29)43-5-2)44(41,42)31-21-11-25(3)12-22-31/h11-22,28,32H,4-10,23-24H2,1-3H3,(H,36,40)/t32-/m1/s1. The molecule has 1 fully saturated rings. The first-order chi connectivity index (χ1) is 21.1. The normalized spacial score (nSPS) is 14.5. The number of carbonyl (C=O) groups excluding carboxylic acids is 2. The number of aryl methyl sites for hydroxylation is 1. The zero-order valence-corrected chi connectivity index (χ0v) is 26.5. The first-order valence-electron chi connectivity index (χ1n) is 15.3. The molecule has 2 amide bonds. The average molecular weight is 624 g/mol. The predicted octanol–water partition coefficient (Wildman–Crippen LogP) is 5.98. The second kappa shape index (κ2) is 15.2. The van der Waals surface area contributed by atoms with Gasteiger partial charge in [-0.1, -0.05) is 56.0 Å². The van der Waals surface area contributed by atoms with Crippen LogP contribution in [-0.2, 0) is 26.2 Å². The quantitative estimate of drug-likeness (QED) is 0.253. The number of carbonyl (C=O) groups is 2. The average Bonchev–Trinajstić information content (AvgIpc) is 3.02. The van der Waals surface area contributed by atoms with E-state index in [-0.39, 0.29) is 29.1 Å². The van der Waals surface area contributed by atoms with E-state index in [0.29, 0.717) is 24.3 Å². The molecule has 44 heavy (non-hydrogen) atoms. The Morgan fingerprint density at radius 3 is 2.16 bits per heavy atom. The van der Waals surface area contributed by atoms with Gasteiger partial charge in [-0.2, -0.15) is 0 Å². The molecule has 1 saturated carbocycles. The molecule has 0 aromatic heterocycles. The molecule has 3 aromatic rings. The molecule has 236 valence electrons. The third kappa shape index (κ3) is 8.37. The van der Waals surface area contributed by atoms with Gasteiger partial charge >= 0.3 is 0 Å². The molecule has 0 aliphatic heterocycles. The molecule has 10 heteroatoms. The molecule has 0 bridgehead atoms. The van der Waals surface area contributed by atoms with Gasteiger partial charge in [0.15, 0.2) is 0 Å². The van der Waals surface area contributed by atoms with E-state index in [1.54, 1.807) is 48.5 Å². The summed E-state index contributed by atoms with van der Waals surface area (Å²) in [4.78, 5) is 29.3. The van der Waals surface area contributed by atoms with Gasteiger partial charge in [-0.3, -0.25) is 13.9 Å². The van der Waals surface area contributed by atoms with Crippen molar-refractivity contribution in [3.05, 3.63) is 89.7 Å². The number of halogens is 1. The van der Waals surface area contributed by atoms with Crippen molar-refractivity contribution in [3.63, 3.8) is 0 Å². The maximum absolute atomic E-state index is 14.2. The molecule has 0 spiro atoms. The van der Waals surface area contributed by atoms with E-state index >= 15 is 0 Å². The Hall–Kier alpha value is -3.92. The van der Waals surface area contributed by atoms with E-state index in [2.05, 4.69) is 5.32 Å². The molecule has 8 nitrogen and oxygen atoms in total. The van der Waals surface area contributed by atoms with Crippen molar-refractivity contribution in [1.29, 1.82) is 0 Å². The summed E-state index contributed by atoms with van der Waals surface area (Å²) < 4.78 is 48.4. The van der Waals surface area contributed by atoms with E-state index in [9.17, 15) is 22.4 Å². The van der Waals surface area contributed by atoms with Gasteiger partial charge in [0.25, 0.3) is 10.0 Å². The van der Waals surface area contributed by atoms with Crippen molar-refractivity contribution in [3.8, 4) is 5.75 Å². The number of ether oxygens (including phenoxy) is 1. The van der Waals surface area contributed by atoms with Crippen molar-refractivity contribution in [1.82, 2.24) is 10.2 Å². The van der Waals surface area contributed by atoms with Gasteiger partial charge in [-0.15, -0.1) is 0 Å². The van der Waals surface area contributed by atoms with Crippen LogP contribution in [0.15, 0.2) is 77.7 Å². The third-order valence-corrected chi connectivity index (χ3v) is 9.72. The molecule has 3 aromatic carbocycles. The van der Waals surface area contributed by atoms with Crippen LogP contribution < -0.4 is 14.4 Å². The van der Waals surface area contributed by atoms with Crippen LogP contribution in [-0.4, -0.2) is 50.4 Å². The Labute approximate surface area is 260 Å². The number of amides is 2. The Morgan fingerprint density at radius 2 is 1.57 bits per heavy atom. The SMILES string of the molecule is CCOc1ccc(N(CC(=O)N(Cc2ccc(F)cc2)[C@H](CC)C(=O)NC2CCCCC2)S(=O)(=O)c2ccc(C)cc2)cc1. The van der Waals surface area contributed by atoms with Crippen molar-refractivity contribution >= 4 is 27.5 Å². The molecule has 0 saturated heterocycles. The maximum Gasteiger partial charge on any atom is 0.264 e. The van der Waals surface area contributed by atoms with Crippen LogP contribution >= 0.6 is 0 Å². The molecule has 1 aliphatic rings. The van der Waals surface area contributed by atoms with E-state index in [1.807, 2.05) is 20.8 Å². The lowest BCUT2D eigenvalue weighted by Gasteiger charge is -2.34. The Morgan fingerprint density at radius 1 is 0.932 bits per heavy atom. The fourth-order valence-corrected chi connectivity index (χ4v) is 6.91. The number of nitrogens with one attached hydrogen (secondary N) is 1. The predicted molar refractivity (Wildman–Crippen MR) is 169 cm³/mol. The zero-order valence-electron chi connectivity index (χ0n) is 25.7. The van der Waals surface area contributed by atoms with Gasteiger partial charge < -0.3 is 15.0 Å². The molecular weight excluding hydrogens is 581 g/mol. The topological polar surface area (TPSA) is 96.0 Å². The van der Waals surface area contributed by atoms with Crippen LogP contribution in [0.4, 0.5) is 10.1 Å². The van der Waals surface area contributed by atoms with Crippen LogP contribution in [0.2, 0.25) is 0 Å². The molecule has 0 heterocycles. The van der Waals surface area contributed by atoms with E-state index in [1.165, 1.54) is 29.2 Å². The van der Waals surface area contributed by atoms with E-state index < -0.39 is 34.3 Å². The molecule has 1 aliphatic carbocycles. The van der Waals surface area contributed by atoms with Gasteiger partial charge in [0.2, 0.25) is 11.8 Å². The minimum atomic E-state index is -4.18. The van der Waals surface area contributed by atoms with Crippen molar-refractivity contribution in [2.45, 2.75) is 82.8 Å². The Kier molecular flexibility index (Phi) is 11.4. The first kappa shape index (κ1) is 33.0. The molecule has 1 N–H and O–H groups in total. The Bertz CT molecular complexity index is 1490. The first-order valence-corrected chi connectivity index (χ1v) is 16.7. The molecule has 1 atom stereocenters. The minimum Gasteiger partial charge on any atom is -0.494 e. The lowest BCUT2D eigenvalue weighted by molar-refractivity contribution is -0.140. The number of hydrogen-bond donors (Lipinski definition) is 1. The summed E-state index contributed by atoms with van der Waals surface area (Å²) in [6.45, 7) is 5.45. The number of nitrogens with zero attached hydrogens (tertiary/aromatic N) is 2. The third-order valence-electron chi connectivity index (χ3n) is 7.93. The van der Waals surface area contributed by atoms with Crippen molar-refractivity contribution in [2.24, 2.45) is 0 Å². The summed E-state index contributed by atoms with van der Waals surface area (Å²) in [5, 5.41) is 3.13. The summed E-state index contributed by atoms with van der Waals surface area (Å²) in [6.07, 6.45) is 5.29. The summed E-state index contributed by atoms with van der Waals surface area (Å²) in [5.74, 6) is -0.674. The Balaban J connectivity index is 1.70. The zero-order chi connectivity index (χ0) is 31.7. The van der Waals surface area contributed by atoms with Crippen LogP contribution in [0.1, 0.15) is 63.5 Å². The summed E-state index contributed by atoms with van der Waals surface area (Å²) in [5.41, 5.74) is 1.80. The summed E-state index contributed by atoms with van der Waals surface area (Å²) >= 11 is 0. The van der Waals surface area contributed by atoms with Gasteiger partial charge in [0.05, 0.1) is 17.2 Å². The number of benzene rings is 3. The highest BCUT2D eigenvalue weighted by Crippen LogP contribution is 2.27.